The lowest BCUT2D eigenvalue weighted by Crippen LogP contribution is -2.35. The molecule has 1 saturated heterocycles. The molecule has 0 saturated carbocycles. The molecule has 3 heteroatoms. The second kappa shape index (κ2) is 5.88. The van der Waals surface area contributed by atoms with Gasteiger partial charge in [0.1, 0.15) is 0 Å². The van der Waals surface area contributed by atoms with Crippen molar-refractivity contribution < 1.29 is 4.79 Å². The number of ketones is 1. The predicted molar refractivity (Wildman–Crippen MR) is 80.1 cm³/mol. The summed E-state index contributed by atoms with van der Waals surface area (Å²) < 4.78 is 0. The number of aromatic nitrogens is 1. The molecule has 102 valence electrons. The summed E-state index contributed by atoms with van der Waals surface area (Å²) in [5, 5.41) is 0. The van der Waals surface area contributed by atoms with Gasteiger partial charge in [0, 0.05) is 44.0 Å². The molecule has 0 atom stereocenters. The minimum absolute atomic E-state index is 0.274. The first-order chi connectivity index (χ1) is 9.81. The summed E-state index contributed by atoms with van der Waals surface area (Å²) in [6.07, 6.45) is 6.40. The van der Waals surface area contributed by atoms with Gasteiger partial charge in [-0.05, 0) is 23.3 Å². The molecule has 0 amide bonds. The van der Waals surface area contributed by atoms with Crippen LogP contribution in [0.5, 0.6) is 0 Å². The molecule has 3 rings (SSSR count). The van der Waals surface area contributed by atoms with E-state index in [1.807, 2.05) is 30.6 Å². The zero-order valence-corrected chi connectivity index (χ0v) is 11.4. The molecule has 0 radical (unpaired) electrons. The molecule has 0 bridgehead atoms. The summed E-state index contributed by atoms with van der Waals surface area (Å²) in [7, 11) is 0. The van der Waals surface area contributed by atoms with Crippen LogP contribution < -0.4 is 0 Å². The number of benzene rings is 1. The summed E-state index contributed by atoms with van der Waals surface area (Å²) in [5.41, 5.74) is 3.27. The first-order valence-electron chi connectivity index (χ1n) is 6.94. The number of carbonyl (C=O) groups is 1. The van der Waals surface area contributed by atoms with Gasteiger partial charge in [0.05, 0.1) is 0 Å². The number of rotatable bonds is 3. The van der Waals surface area contributed by atoms with E-state index in [-0.39, 0.29) is 5.78 Å². The number of H-pyrrole nitrogens is 1. The number of Topliss-reactive ketones (excluding diaryl/α,β-unsaturated/α-hetero) is 1. The third kappa shape index (κ3) is 3.06. The maximum Gasteiger partial charge on any atom is 0.161 e. The lowest BCUT2D eigenvalue weighted by Gasteiger charge is -2.27. The average molecular weight is 266 g/mol. The lowest BCUT2D eigenvalue weighted by atomic mass is 10.0. The Morgan fingerprint density at radius 2 is 2.05 bits per heavy atom. The number of hydrogen-bond donors (Lipinski definition) is 1. The highest BCUT2D eigenvalue weighted by molar-refractivity contribution is 6.00. The molecule has 1 aliphatic heterocycles. The van der Waals surface area contributed by atoms with E-state index in [2.05, 4.69) is 34.1 Å². The fourth-order valence-electron chi connectivity index (χ4n) is 2.56. The van der Waals surface area contributed by atoms with Gasteiger partial charge in [0.15, 0.2) is 5.78 Å². The van der Waals surface area contributed by atoms with E-state index >= 15 is 0 Å². The summed E-state index contributed by atoms with van der Waals surface area (Å²) in [6, 6.07) is 12.4. The highest BCUT2D eigenvalue weighted by Crippen LogP contribution is 2.17. The van der Waals surface area contributed by atoms with Gasteiger partial charge in [-0.2, -0.15) is 0 Å². The van der Waals surface area contributed by atoms with E-state index in [0.29, 0.717) is 6.42 Å². The normalized spacial score (nSPS) is 18.6. The first kappa shape index (κ1) is 12.9. The zero-order chi connectivity index (χ0) is 13.8. The maximum atomic E-state index is 12.0. The molecular formula is C17H18N2O. The monoisotopic (exact) mass is 266 g/mol. The Labute approximate surface area is 118 Å². The SMILES string of the molecule is O=C1CCN(Cc2ccccc2)C/C1=C\c1cc[nH]c1. The topological polar surface area (TPSA) is 36.1 Å². The fourth-order valence-corrected chi connectivity index (χ4v) is 2.56. The average Bonchev–Trinajstić information content (AvgIpc) is 2.97. The summed E-state index contributed by atoms with van der Waals surface area (Å²) in [6.45, 7) is 2.48. The molecule has 1 aromatic carbocycles. The Balaban J connectivity index is 1.72. The molecule has 20 heavy (non-hydrogen) atoms. The van der Waals surface area contributed by atoms with E-state index in [1.165, 1.54) is 5.56 Å². The summed E-state index contributed by atoms with van der Waals surface area (Å²) in [5.74, 6) is 0.274. The first-order valence-corrected chi connectivity index (χ1v) is 6.94. The number of nitrogens with zero attached hydrogens (tertiary/aromatic N) is 1. The molecule has 1 aliphatic rings. The number of piperidine rings is 1. The van der Waals surface area contributed by atoms with Crippen LogP contribution in [-0.2, 0) is 11.3 Å². The number of aromatic amines is 1. The van der Waals surface area contributed by atoms with E-state index in [1.54, 1.807) is 0 Å². The Hall–Kier alpha value is -2.13. The van der Waals surface area contributed by atoms with Gasteiger partial charge in [-0.15, -0.1) is 0 Å². The van der Waals surface area contributed by atoms with Crippen LogP contribution in [0.25, 0.3) is 6.08 Å². The fraction of sp³-hybridized carbons (Fsp3) is 0.235. The Kier molecular flexibility index (Phi) is 3.79. The van der Waals surface area contributed by atoms with Gasteiger partial charge in [-0.25, -0.2) is 0 Å². The standard InChI is InChI=1S/C17H18N2O/c20-17-7-9-19(12-14-4-2-1-3-5-14)13-16(17)10-15-6-8-18-11-15/h1-6,8,10-11,18H,7,9,12-13H2/b16-10+. The molecule has 3 nitrogen and oxygen atoms in total. The van der Waals surface area contributed by atoms with Crippen molar-refractivity contribution in [3.63, 3.8) is 0 Å². The quantitative estimate of drug-likeness (QED) is 0.867. The molecule has 0 aliphatic carbocycles. The Morgan fingerprint density at radius 1 is 1.20 bits per heavy atom. The van der Waals surface area contributed by atoms with Crippen LogP contribution in [0.15, 0.2) is 54.4 Å². The highest BCUT2D eigenvalue weighted by Gasteiger charge is 2.21. The van der Waals surface area contributed by atoms with Crippen LogP contribution in [0.3, 0.4) is 0 Å². The Morgan fingerprint density at radius 3 is 2.80 bits per heavy atom. The van der Waals surface area contributed by atoms with Gasteiger partial charge < -0.3 is 4.98 Å². The van der Waals surface area contributed by atoms with Gasteiger partial charge in [0.25, 0.3) is 0 Å². The van der Waals surface area contributed by atoms with Crippen LogP contribution in [0.1, 0.15) is 17.5 Å². The van der Waals surface area contributed by atoms with E-state index in [0.717, 1.165) is 30.8 Å². The minimum Gasteiger partial charge on any atom is -0.367 e. The van der Waals surface area contributed by atoms with Gasteiger partial charge in [0.2, 0.25) is 0 Å². The smallest absolute Gasteiger partial charge is 0.161 e. The van der Waals surface area contributed by atoms with Crippen LogP contribution in [0.4, 0.5) is 0 Å². The van der Waals surface area contributed by atoms with Crippen molar-refractivity contribution in [3.05, 3.63) is 65.5 Å². The maximum absolute atomic E-state index is 12.0. The zero-order valence-electron chi connectivity index (χ0n) is 11.4. The van der Waals surface area contributed by atoms with E-state index in [4.69, 9.17) is 0 Å². The summed E-state index contributed by atoms with van der Waals surface area (Å²) >= 11 is 0. The number of hydrogen-bond acceptors (Lipinski definition) is 2. The van der Waals surface area contributed by atoms with Crippen molar-refractivity contribution in [1.29, 1.82) is 0 Å². The molecule has 1 fully saturated rings. The molecule has 2 aromatic rings. The Bertz CT molecular complexity index is 599. The van der Waals surface area contributed by atoms with Crippen molar-refractivity contribution >= 4 is 11.9 Å². The van der Waals surface area contributed by atoms with Crippen molar-refractivity contribution in [2.24, 2.45) is 0 Å². The largest absolute Gasteiger partial charge is 0.367 e. The minimum atomic E-state index is 0.274. The number of carbonyl (C=O) groups excluding carboxylic acids is 1. The molecule has 1 N–H and O–H groups in total. The van der Waals surface area contributed by atoms with Crippen LogP contribution in [0, 0.1) is 0 Å². The van der Waals surface area contributed by atoms with Crippen molar-refractivity contribution in [2.45, 2.75) is 13.0 Å². The molecular weight excluding hydrogens is 248 g/mol. The van der Waals surface area contributed by atoms with Crippen molar-refractivity contribution in [3.8, 4) is 0 Å². The van der Waals surface area contributed by atoms with Crippen molar-refractivity contribution in [2.75, 3.05) is 13.1 Å². The van der Waals surface area contributed by atoms with Gasteiger partial charge in [-0.1, -0.05) is 30.3 Å². The molecule has 2 heterocycles. The predicted octanol–water partition coefficient (Wildman–Crippen LogP) is 2.87. The molecule has 0 unspecified atom stereocenters. The summed E-state index contributed by atoms with van der Waals surface area (Å²) in [4.78, 5) is 17.4. The third-order valence-electron chi connectivity index (χ3n) is 3.62. The lowest BCUT2D eigenvalue weighted by molar-refractivity contribution is -0.117. The second-order valence-electron chi connectivity index (χ2n) is 5.18. The molecule has 0 spiro atoms. The molecule has 1 aromatic heterocycles. The third-order valence-corrected chi connectivity index (χ3v) is 3.62. The van der Waals surface area contributed by atoms with E-state index in [9.17, 15) is 4.79 Å². The number of likely N-dealkylation sites (tertiary alicyclic amines) is 1. The van der Waals surface area contributed by atoms with E-state index < -0.39 is 0 Å². The second-order valence-corrected chi connectivity index (χ2v) is 5.18. The highest BCUT2D eigenvalue weighted by atomic mass is 16.1. The van der Waals surface area contributed by atoms with Crippen LogP contribution in [-0.4, -0.2) is 28.8 Å². The van der Waals surface area contributed by atoms with Crippen LogP contribution in [0.2, 0.25) is 0 Å². The number of nitrogens with one attached hydrogen (secondary N) is 1. The van der Waals surface area contributed by atoms with Crippen LogP contribution >= 0.6 is 0 Å². The van der Waals surface area contributed by atoms with Crippen molar-refractivity contribution in [1.82, 2.24) is 9.88 Å². The van der Waals surface area contributed by atoms with Gasteiger partial charge in [-0.3, -0.25) is 9.69 Å². The van der Waals surface area contributed by atoms with Gasteiger partial charge >= 0.3 is 0 Å².